The van der Waals surface area contributed by atoms with Gasteiger partial charge in [0.05, 0.1) is 0 Å². The number of halogens is 3. The van der Waals surface area contributed by atoms with Gasteiger partial charge in [0.1, 0.15) is 18.1 Å². The van der Waals surface area contributed by atoms with Crippen molar-refractivity contribution >= 4 is 29.7 Å². The van der Waals surface area contributed by atoms with E-state index in [1.807, 2.05) is 6.92 Å². The molecule has 0 bridgehead atoms. The summed E-state index contributed by atoms with van der Waals surface area (Å²) in [5.74, 6) is -5.92. The third-order valence-electron chi connectivity index (χ3n) is 3.25. The van der Waals surface area contributed by atoms with Crippen molar-refractivity contribution in [2.45, 2.75) is 44.6 Å². The van der Waals surface area contributed by atoms with Crippen molar-refractivity contribution in [3.05, 3.63) is 11.8 Å². The number of hydrogen-bond donors (Lipinski definition) is 6. The lowest BCUT2D eigenvalue weighted by molar-refractivity contribution is -0.499. The molecule has 0 spiro atoms. The van der Waals surface area contributed by atoms with Crippen molar-refractivity contribution < 1.29 is 52.3 Å². The fourth-order valence-corrected chi connectivity index (χ4v) is 2.12. The standard InChI is InChI=1S/C13H21N5O5.C2HF3O2/c1-3-4-16-11(20)10-9(17-6(2)19)7(18-13(14)15)5-8(23-10)12(21)22;3-2(4,5)1(6)7/h5,7,9-10H,3-4H2,1-2H3,(H,16,20)(H,17,19)(H,21,22)(H4,14,15,18);(H,6,7)/t7-,9+,10+;/m0./s1. The van der Waals surface area contributed by atoms with Crippen molar-refractivity contribution in [1.29, 1.82) is 0 Å². The first-order chi connectivity index (χ1) is 13.7. The van der Waals surface area contributed by atoms with Gasteiger partial charge in [-0.3, -0.25) is 26.0 Å². The Morgan fingerprint density at radius 3 is 2.20 bits per heavy atom. The maximum Gasteiger partial charge on any atom is 0.430 e. The van der Waals surface area contributed by atoms with Crippen LogP contribution >= 0.6 is 0 Å². The number of amides is 2. The summed E-state index contributed by atoms with van der Waals surface area (Å²) in [6, 6.07) is -1.70. The Morgan fingerprint density at radius 1 is 1.30 bits per heavy atom. The average molecular weight is 441 g/mol. The second-order valence-electron chi connectivity index (χ2n) is 5.80. The van der Waals surface area contributed by atoms with Crippen LogP contribution in [0.5, 0.6) is 0 Å². The molecule has 1 heterocycles. The van der Waals surface area contributed by atoms with Crippen LogP contribution in [0.1, 0.15) is 20.3 Å². The van der Waals surface area contributed by atoms with Gasteiger partial charge in [-0.15, -0.1) is 0 Å². The highest BCUT2D eigenvalue weighted by Crippen LogP contribution is 2.17. The number of aliphatic carboxylic acids is 2. The Morgan fingerprint density at radius 2 is 1.83 bits per heavy atom. The van der Waals surface area contributed by atoms with E-state index in [9.17, 15) is 27.6 Å². The van der Waals surface area contributed by atoms with Crippen molar-refractivity contribution in [1.82, 2.24) is 10.6 Å². The van der Waals surface area contributed by atoms with Crippen LogP contribution in [-0.4, -0.2) is 65.7 Å². The van der Waals surface area contributed by atoms with Crippen molar-refractivity contribution in [3.8, 4) is 0 Å². The van der Waals surface area contributed by atoms with Crippen LogP contribution < -0.4 is 32.2 Å². The molecule has 2 amide bonds. The summed E-state index contributed by atoms with van der Waals surface area (Å²) < 4.78 is 36.8. The van der Waals surface area contributed by atoms with Crippen molar-refractivity contribution in [2.75, 3.05) is 6.54 Å². The first-order valence-electron chi connectivity index (χ1n) is 8.29. The molecule has 0 radical (unpaired) electrons. The molecular formula is C15H22F3N5O7. The molecule has 0 aromatic heterocycles. The maximum absolute atomic E-state index is 12.2. The van der Waals surface area contributed by atoms with Crippen LogP contribution in [0.2, 0.25) is 0 Å². The summed E-state index contributed by atoms with van der Waals surface area (Å²) in [5, 5.41) is 23.1. The Labute approximate surface area is 168 Å². The molecule has 0 aromatic carbocycles. The molecule has 1 rings (SSSR count). The molecule has 0 fully saturated rings. The lowest BCUT2D eigenvalue weighted by Crippen LogP contribution is -2.89. The maximum atomic E-state index is 12.2. The lowest BCUT2D eigenvalue weighted by Gasteiger charge is -2.33. The number of hydrogen-bond acceptors (Lipinski definition) is 6. The molecule has 0 unspecified atom stereocenters. The largest absolute Gasteiger partial charge is 0.542 e. The van der Waals surface area contributed by atoms with E-state index in [2.05, 4.69) is 15.6 Å². The number of alkyl halides is 3. The van der Waals surface area contributed by atoms with Crippen LogP contribution in [0.15, 0.2) is 11.8 Å². The number of ether oxygens (including phenoxy) is 1. The van der Waals surface area contributed by atoms with Crippen LogP contribution in [-0.2, 0) is 23.9 Å². The number of guanidine groups is 1. The number of nitrogens with one attached hydrogen (secondary N) is 3. The predicted molar refractivity (Wildman–Crippen MR) is 90.7 cm³/mol. The fraction of sp³-hybridized carbons (Fsp3) is 0.533. The molecule has 0 aromatic rings. The van der Waals surface area contributed by atoms with E-state index >= 15 is 0 Å². The van der Waals surface area contributed by atoms with Gasteiger partial charge in [-0.1, -0.05) is 6.92 Å². The van der Waals surface area contributed by atoms with Crippen LogP contribution in [0, 0.1) is 0 Å². The van der Waals surface area contributed by atoms with Gasteiger partial charge < -0.3 is 30.4 Å². The van der Waals surface area contributed by atoms with Gasteiger partial charge in [-0.25, -0.2) is 4.79 Å². The normalized spacial score (nSPS) is 20.3. The molecule has 15 heteroatoms. The smallest absolute Gasteiger partial charge is 0.430 e. The molecule has 0 saturated heterocycles. The first-order valence-corrected chi connectivity index (χ1v) is 8.29. The van der Waals surface area contributed by atoms with Crippen LogP contribution in [0.3, 0.4) is 0 Å². The minimum absolute atomic E-state index is 0.180. The van der Waals surface area contributed by atoms with Crippen LogP contribution in [0.25, 0.3) is 0 Å². The number of carbonyl (C=O) groups is 4. The number of carboxylic acid groups (broad SMARTS) is 2. The lowest BCUT2D eigenvalue weighted by atomic mass is 9.97. The number of carbonyl (C=O) groups excluding carboxylic acids is 3. The van der Waals surface area contributed by atoms with Crippen molar-refractivity contribution in [2.24, 2.45) is 11.5 Å². The third-order valence-corrected chi connectivity index (χ3v) is 3.25. The van der Waals surface area contributed by atoms with Crippen molar-refractivity contribution in [3.63, 3.8) is 0 Å². The van der Waals surface area contributed by atoms with Gasteiger partial charge in [-0.2, -0.15) is 13.2 Å². The van der Waals surface area contributed by atoms with Gasteiger partial charge in [0, 0.05) is 19.5 Å². The zero-order chi connectivity index (χ0) is 23.6. The molecule has 3 atom stereocenters. The minimum atomic E-state index is -5.19. The van der Waals surface area contributed by atoms with E-state index in [0.717, 1.165) is 0 Å². The topological polar surface area (TPSA) is 211 Å². The first kappa shape index (κ1) is 26.5. The second-order valence-corrected chi connectivity index (χ2v) is 5.80. The Hall–Kier alpha value is -3.52. The van der Waals surface area contributed by atoms with Gasteiger partial charge in [-0.05, 0) is 6.42 Å². The average Bonchev–Trinajstić information content (AvgIpc) is 2.59. The van der Waals surface area contributed by atoms with E-state index < -0.39 is 53.9 Å². The summed E-state index contributed by atoms with van der Waals surface area (Å²) in [4.78, 5) is 46.2. The molecule has 0 aliphatic carbocycles. The summed E-state index contributed by atoms with van der Waals surface area (Å²) in [6.07, 6.45) is -4.54. The quantitative estimate of drug-likeness (QED) is 0.173. The molecule has 170 valence electrons. The van der Waals surface area contributed by atoms with E-state index in [4.69, 9.17) is 31.2 Å². The molecule has 30 heavy (non-hydrogen) atoms. The Kier molecular flexibility index (Phi) is 10.1. The summed E-state index contributed by atoms with van der Waals surface area (Å²) in [6.45, 7) is 3.52. The Bertz CT molecular complexity index is 720. The van der Waals surface area contributed by atoms with Gasteiger partial charge >= 0.3 is 18.1 Å². The van der Waals surface area contributed by atoms with Gasteiger partial charge in [0.2, 0.25) is 17.8 Å². The third kappa shape index (κ3) is 9.11. The molecule has 0 saturated carbocycles. The predicted octanol–water partition coefficient (Wildman–Crippen LogP) is -4.59. The molecule has 1 aliphatic rings. The highest BCUT2D eigenvalue weighted by molar-refractivity contribution is 5.88. The zero-order valence-electron chi connectivity index (χ0n) is 15.9. The second kappa shape index (κ2) is 11.5. The van der Waals surface area contributed by atoms with Crippen LogP contribution in [0.4, 0.5) is 13.2 Å². The molecule has 12 nitrogen and oxygen atoms in total. The van der Waals surface area contributed by atoms with E-state index in [-0.39, 0.29) is 5.96 Å². The van der Waals surface area contributed by atoms with Gasteiger partial charge in [0.25, 0.3) is 5.91 Å². The number of nitrogens with two attached hydrogens (primary N) is 2. The van der Waals surface area contributed by atoms with E-state index in [1.165, 1.54) is 13.0 Å². The molecular weight excluding hydrogens is 419 g/mol. The van der Waals surface area contributed by atoms with Gasteiger partial charge in [0.15, 0.2) is 0 Å². The highest BCUT2D eigenvalue weighted by Gasteiger charge is 2.42. The summed E-state index contributed by atoms with van der Waals surface area (Å²) >= 11 is 0. The number of rotatable bonds is 6. The zero-order valence-corrected chi connectivity index (χ0v) is 15.9. The Balaban J connectivity index is 0.00000103. The minimum Gasteiger partial charge on any atom is -0.542 e. The fourth-order valence-electron chi connectivity index (χ4n) is 2.12. The summed E-state index contributed by atoms with van der Waals surface area (Å²) in [5.41, 5.74) is 10.8. The highest BCUT2D eigenvalue weighted by atomic mass is 19.4. The monoisotopic (exact) mass is 441 g/mol. The van der Waals surface area contributed by atoms with E-state index in [1.54, 1.807) is 0 Å². The molecule has 8 N–H and O–H groups in total. The number of carboxylic acids is 2. The summed E-state index contributed by atoms with van der Waals surface area (Å²) in [7, 11) is 0. The molecule has 1 aliphatic heterocycles. The SMILES string of the molecule is CCCNC(=O)[C@@H]1OC(C(=O)O)=C[C@H]([NH+]=C(N)N)[C@H]1NC(C)=O.O=C([O-])C(F)(F)F. The van der Waals surface area contributed by atoms with E-state index in [0.29, 0.717) is 13.0 Å².